The Hall–Kier alpha value is -3.87. The number of allylic oxidation sites excluding steroid dienone is 21. The second-order valence-corrected chi connectivity index (χ2v) is 19.3. The maximum atomic E-state index is 13.1. The lowest BCUT2D eigenvalue weighted by molar-refractivity contribution is -0.359. The van der Waals surface area contributed by atoms with Crippen LogP contribution < -0.4 is 5.32 Å². The van der Waals surface area contributed by atoms with Crippen molar-refractivity contribution in [2.45, 2.75) is 229 Å². The topological polar surface area (TPSA) is 228 Å². The van der Waals surface area contributed by atoms with Gasteiger partial charge in [-0.2, -0.15) is 0 Å². The Balaban J connectivity index is 1.63. The van der Waals surface area contributed by atoms with E-state index in [0.29, 0.717) is 12.8 Å². The second-order valence-electron chi connectivity index (χ2n) is 19.3. The van der Waals surface area contributed by atoms with Gasteiger partial charge in [0.25, 0.3) is 0 Å². The van der Waals surface area contributed by atoms with E-state index < -0.39 is 86.8 Å². The van der Waals surface area contributed by atoms with Gasteiger partial charge in [0.15, 0.2) is 12.6 Å². The van der Waals surface area contributed by atoms with Gasteiger partial charge in [-0.05, 0) is 96.3 Å². The molecule has 2 rings (SSSR count). The molecule has 14 heteroatoms. The molecule has 430 valence electrons. The largest absolute Gasteiger partial charge is 0.394 e. The SMILES string of the molecule is CC/C=C\C/C=C\C/C=C\C/C=C\C/C=C\C/C=C\C/C=C\C/C=C\C/C=C\CCCCCCCCCC(=O)NC(COC1OC(CO)C(OC2OC(CO)C(O)C(O)C2O)C(O)C1O)C(O)/C=C/CC/C=C/CCC. The Kier molecular flexibility index (Phi) is 41.4. The van der Waals surface area contributed by atoms with Gasteiger partial charge >= 0.3 is 0 Å². The van der Waals surface area contributed by atoms with E-state index in [-0.39, 0.29) is 18.9 Å². The van der Waals surface area contributed by atoms with Crippen LogP contribution in [0.15, 0.2) is 134 Å². The zero-order chi connectivity index (χ0) is 55.3. The average molecular weight is 1070 g/mol. The van der Waals surface area contributed by atoms with Gasteiger partial charge in [0.05, 0.1) is 32.0 Å². The Morgan fingerprint density at radius 1 is 0.487 bits per heavy atom. The van der Waals surface area contributed by atoms with Crippen molar-refractivity contribution in [3.8, 4) is 0 Å². The van der Waals surface area contributed by atoms with E-state index in [4.69, 9.17) is 18.9 Å². The third kappa shape index (κ3) is 31.5. The van der Waals surface area contributed by atoms with Gasteiger partial charge in [-0.1, -0.05) is 186 Å². The molecule has 9 N–H and O–H groups in total. The van der Waals surface area contributed by atoms with Crippen LogP contribution in [0.1, 0.15) is 155 Å². The molecule has 2 aliphatic rings. The standard InChI is InChI=1S/C62H99NO13/c1-3-5-7-9-11-12-13-14-15-16-17-18-19-20-21-22-23-24-25-26-27-28-29-30-31-32-33-34-35-36-37-38-40-42-44-46-54(67)63-50(51(66)45-43-41-39-10-8-6-4-2)49-73-61-59(72)57(70)60(53(48-65)75-61)76-62-58(71)56(69)55(68)52(47-64)74-62/h5,7-8,10-12,14-15,17-18,20-21,23-24,26-27,29-30,32-33,43,45,50-53,55-62,64-66,68-72H,3-4,6,9,13,16,19,22,25,28,31,34-42,44,46-49H2,1-2H3,(H,63,67)/b7-5-,10-8+,12-11-,15-14-,18-17-,21-20-,24-23-,27-26-,30-29-,33-32-,45-43+. The Morgan fingerprint density at radius 3 is 1.43 bits per heavy atom. The number of aliphatic hydroxyl groups is 8. The number of rotatable bonds is 42. The molecule has 2 fully saturated rings. The Morgan fingerprint density at radius 2 is 0.921 bits per heavy atom. The maximum absolute atomic E-state index is 13.1. The summed E-state index contributed by atoms with van der Waals surface area (Å²) in [6.07, 6.45) is 51.2. The number of nitrogens with one attached hydrogen (secondary N) is 1. The molecule has 0 spiro atoms. The van der Waals surface area contributed by atoms with E-state index >= 15 is 0 Å². The van der Waals surface area contributed by atoms with Crippen LogP contribution in [0.25, 0.3) is 0 Å². The fourth-order valence-electron chi connectivity index (χ4n) is 8.25. The molecule has 0 radical (unpaired) electrons. The van der Waals surface area contributed by atoms with E-state index in [9.17, 15) is 45.6 Å². The fraction of sp³-hybridized carbons (Fsp3) is 0.629. The van der Waals surface area contributed by atoms with Crippen molar-refractivity contribution >= 4 is 5.91 Å². The number of carbonyl (C=O) groups excluding carboxylic acids is 1. The van der Waals surface area contributed by atoms with Gasteiger partial charge in [-0.3, -0.25) is 4.79 Å². The zero-order valence-electron chi connectivity index (χ0n) is 45.9. The van der Waals surface area contributed by atoms with E-state index in [1.54, 1.807) is 6.08 Å². The quantitative estimate of drug-likeness (QED) is 0.0206. The molecule has 2 heterocycles. The summed E-state index contributed by atoms with van der Waals surface area (Å²) in [7, 11) is 0. The van der Waals surface area contributed by atoms with Gasteiger partial charge in [0.1, 0.15) is 48.8 Å². The van der Waals surface area contributed by atoms with Crippen LogP contribution in [-0.2, 0) is 23.7 Å². The van der Waals surface area contributed by atoms with Crippen LogP contribution >= 0.6 is 0 Å². The molecule has 2 saturated heterocycles. The first kappa shape index (κ1) is 68.2. The number of amides is 1. The van der Waals surface area contributed by atoms with Gasteiger partial charge in [-0.25, -0.2) is 0 Å². The van der Waals surface area contributed by atoms with Crippen LogP contribution in [0.3, 0.4) is 0 Å². The summed E-state index contributed by atoms with van der Waals surface area (Å²) >= 11 is 0. The molecule has 12 unspecified atom stereocenters. The lowest BCUT2D eigenvalue weighted by Gasteiger charge is -2.46. The highest BCUT2D eigenvalue weighted by Crippen LogP contribution is 2.30. The molecule has 12 atom stereocenters. The van der Waals surface area contributed by atoms with E-state index in [1.165, 1.54) is 0 Å². The minimum atomic E-state index is -1.80. The highest BCUT2D eigenvalue weighted by atomic mass is 16.7. The third-order valence-corrected chi connectivity index (χ3v) is 12.8. The third-order valence-electron chi connectivity index (χ3n) is 12.8. The predicted octanol–water partition coefficient (Wildman–Crippen LogP) is 9.21. The minimum absolute atomic E-state index is 0.250. The number of hydrogen-bond acceptors (Lipinski definition) is 13. The molecule has 76 heavy (non-hydrogen) atoms. The van der Waals surface area contributed by atoms with E-state index in [1.807, 2.05) is 6.08 Å². The van der Waals surface area contributed by atoms with Gasteiger partial charge in [0, 0.05) is 6.42 Å². The van der Waals surface area contributed by atoms with Crippen molar-refractivity contribution in [1.29, 1.82) is 0 Å². The van der Waals surface area contributed by atoms with Crippen molar-refractivity contribution in [2.75, 3.05) is 19.8 Å². The predicted molar refractivity (Wildman–Crippen MR) is 304 cm³/mol. The normalized spacial score (nSPS) is 25.9. The molecule has 0 aliphatic carbocycles. The number of hydrogen-bond donors (Lipinski definition) is 9. The highest BCUT2D eigenvalue weighted by Gasteiger charge is 2.51. The van der Waals surface area contributed by atoms with Crippen LogP contribution in [0.4, 0.5) is 0 Å². The average Bonchev–Trinajstić information content (AvgIpc) is 3.42. The van der Waals surface area contributed by atoms with Crippen molar-refractivity contribution in [3.05, 3.63) is 134 Å². The van der Waals surface area contributed by atoms with Gasteiger partial charge < -0.3 is 65.1 Å². The molecule has 1 amide bonds. The molecule has 0 saturated carbocycles. The van der Waals surface area contributed by atoms with Crippen molar-refractivity contribution < 1.29 is 64.6 Å². The molecule has 0 aromatic heterocycles. The maximum Gasteiger partial charge on any atom is 0.220 e. The fourth-order valence-corrected chi connectivity index (χ4v) is 8.25. The van der Waals surface area contributed by atoms with E-state index in [0.717, 1.165) is 122 Å². The number of aliphatic hydroxyl groups excluding tert-OH is 8. The van der Waals surface area contributed by atoms with Crippen molar-refractivity contribution in [1.82, 2.24) is 5.32 Å². The minimum Gasteiger partial charge on any atom is -0.394 e. The molecule has 0 aromatic carbocycles. The summed E-state index contributed by atoms with van der Waals surface area (Å²) in [6.45, 7) is 2.49. The summed E-state index contributed by atoms with van der Waals surface area (Å²) in [5.41, 5.74) is 0. The summed E-state index contributed by atoms with van der Waals surface area (Å²) in [4.78, 5) is 13.1. The first-order valence-electron chi connectivity index (χ1n) is 28.4. The highest BCUT2D eigenvalue weighted by molar-refractivity contribution is 5.76. The number of carbonyl (C=O) groups is 1. The van der Waals surface area contributed by atoms with Crippen molar-refractivity contribution in [3.63, 3.8) is 0 Å². The van der Waals surface area contributed by atoms with Crippen LogP contribution in [0.2, 0.25) is 0 Å². The van der Waals surface area contributed by atoms with Gasteiger partial charge in [0.2, 0.25) is 5.91 Å². The van der Waals surface area contributed by atoms with Crippen LogP contribution in [0, 0.1) is 0 Å². The molecular formula is C62H99NO13. The summed E-state index contributed by atoms with van der Waals surface area (Å²) in [5.74, 6) is -0.273. The first-order chi connectivity index (χ1) is 37.1. The Bertz CT molecular complexity index is 1780. The summed E-state index contributed by atoms with van der Waals surface area (Å²) < 4.78 is 22.6. The van der Waals surface area contributed by atoms with Crippen LogP contribution in [-0.4, -0.2) is 140 Å². The Labute approximate surface area is 456 Å². The molecule has 14 nitrogen and oxygen atoms in total. The van der Waals surface area contributed by atoms with Gasteiger partial charge in [-0.15, -0.1) is 0 Å². The first-order valence-corrected chi connectivity index (χ1v) is 28.4. The van der Waals surface area contributed by atoms with Crippen molar-refractivity contribution in [2.24, 2.45) is 0 Å². The molecule has 2 aliphatic heterocycles. The monoisotopic (exact) mass is 1070 g/mol. The lowest BCUT2D eigenvalue weighted by atomic mass is 9.97. The van der Waals surface area contributed by atoms with Crippen LogP contribution in [0.5, 0.6) is 0 Å². The second kappa shape index (κ2) is 46.1. The number of ether oxygens (including phenoxy) is 4. The molecular weight excluding hydrogens is 967 g/mol. The summed E-state index contributed by atoms with van der Waals surface area (Å²) in [5, 5.41) is 86.5. The molecule has 0 bridgehead atoms. The smallest absolute Gasteiger partial charge is 0.220 e. The van der Waals surface area contributed by atoms with E-state index in [2.05, 4.69) is 141 Å². The molecule has 0 aromatic rings. The summed E-state index contributed by atoms with van der Waals surface area (Å²) in [6, 6.07) is -0.944. The lowest BCUT2D eigenvalue weighted by Crippen LogP contribution is -2.65. The zero-order valence-corrected chi connectivity index (χ0v) is 45.9. The number of unbranched alkanes of at least 4 members (excludes halogenated alkanes) is 9.